The van der Waals surface area contributed by atoms with Crippen molar-refractivity contribution >= 4 is 5.97 Å². The molecule has 4 rings (SSSR count). The van der Waals surface area contributed by atoms with Crippen molar-refractivity contribution in [3.8, 4) is 17.2 Å². The number of carbonyl (C=O) groups is 1. The number of esters is 1. The van der Waals surface area contributed by atoms with Crippen LogP contribution in [-0.2, 0) is 9.53 Å². The molecule has 0 aliphatic carbocycles. The Labute approximate surface area is 140 Å². The first-order valence-corrected chi connectivity index (χ1v) is 8.00. The van der Waals surface area contributed by atoms with Crippen LogP contribution in [-0.4, -0.2) is 25.5 Å². The van der Waals surface area contributed by atoms with E-state index in [2.05, 4.69) is 0 Å². The summed E-state index contributed by atoms with van der Waals surface area (Å²) in [5.41, 5.74) is 3.09. The molecule has 0 saturated heterocycles. The van der Waals surface area contributed by atoms with Gasteiger partial charge in [0.1, 0.15) is 5.75 Å². The lowest BCUT2D eigenvalue weighted by Crippen LogP contribution is -2.31. The maximum atomic E-state index is 12.4. The average molecular weight is 326 g/mol. The van der Waals surface area contributed by atoms with Crippen LogP contribution in [0.2, 0.25) is 0 Å². The van der Waals surface area contributed by atoms with Crippen molar-refractivity contribution in [1.82, 2.24) is 0 Å². The second kappa shape index (κ2) is 5.74. The quantitative estimate of drug-likeness (QED) is 0.811. The molecular formula is C19H18O5. The fourth-order valence-electron chi connectivity index (χ4n) is 3.19. The Hall–Kier alpha value is -2.69. The van der Waals surface area contributed by atoms with E-state index < -0.39 is 6.10 Å². The molecule has 0 N–H and O–H groups in total. The summed E-state index contributed by atoms with van der Waals surface area (Å²) in [7, 11) is 0. The summed E-state index contributed by atoms with van der Waals surface area (Å²) in [6.07, 6.45) is -0.704. The van der Waals surface area contributed by atoms with Crippen LogP contribution in [0, 0.1) is 6.92 Å². The molecule has 0 bridgehead atoms. The van der Waals surface area contributed by atoms with Gasteiger partial charge in [0.15, 0.2) is 11.5 Å². The van der Waals surface area contributed by atoms with E-state index in [-0.39, 0.29) is 18.7 Å². The van der Waals surface area contributed by atoms with Crippen LogP contribution >= 0.6 is 0 Å². The van der Waals surface area contributed by atoms with E-state index in [1.807, 2.05) is 37.3 Å². The number of rotatable bonds is 3. The number of benzene rings is 2. The normalized spacial score (nSPS) is 20.4. The molecule has 0 fully saturated rings. The zero-order chi connectivity index (χ0) is 16.7. The van der Waals surface area contributed by atoms with Crippen molar-refractivity contribution in [2.75, 3.05) is 13.4 Å². The third kappa shape index (κ3) is 2.37. The fourth-order valence-corrected chi connectivity index (χ4v) is 3.19. The Morgan fingerprint density at radius 3 is 2.54 bits per heavy atom. The molecule has 2 aliphatic rings. The summed E-state index contributed by atoms with van der Waals surface area (Å²) in [6, 6.07) is 11.8. The van der Waals surface area contributed by atoms with Crippen molar-refractivity contribution in [3.63, 3.8) is 0 Å². The molecule has 2 heterocycles. The largest absolute Gasteiger partial charge is 0.477 e. The maximum Gasteiger partial charge on any atom is 0.348 e. The van der Waals surface area contributed by atoms with Gasteiger partial charge in [0.05, 0.1) is 12.5 Å². The fraction of sp³-hybridized carbons (Fsp3) is 0.316. The van der Waals surface area contributed by atoms with Gasteiger partial charge in [0.2, 0.25) is 12.9 Å². The van der Waals surface area contributed by atoms with Crippen LogP contribution in [0.1, 0.15) is 29.5 Å². The Balaban J connectivity index is 1.79. The number of aryl methyl sites for hydroxylation is 1. The smallest absolute Gasteiger partial charge is 0.348 e. The molecule has 5 heteroatoms. The van der Waals surface area contributed by atoms with Crippen LogP contribution in [0.15, 0.2) is 36.4 Å². The molecule has 0 saturated carbocycles. The SMILES string of the molecule is CCOC(=O)[C@@H]1Oc2cc3c(cc2[C@H]1c1ccc(C)cc1)OCO3. The predicted octanol–water partition coefficient (Wildman–Crippen LogP) is 3.18. The van der Waals surface area contributed by atoms with E-state index in [0.717, 1.165) is 16.7 Å². The summed E-state index contributed by atoms with van der Waals surface area (Å²) in [6.45, 7) is 4.34. The van der Waals surface area contributed by atoms with E-state index in [0.29, 0.717) is 23.9 Å². The van der Waals surface area contributed by atoms with Gasteiger partial charge in [-0.3, -0.25) is 0 Å². The minimum atomic E-state index is -0.704. The van der Waals surface area contributed by atoms with Gasteiger partial charge in [-0.25, -0.2) is 4.79 Å². The van der Waals surface area contributed by atoms with Gasteiger partial charge < -0.3 is 18.9 Å². The molecule has 2 aliphatic heterocycles. The Morgan fingerprint density at radius 1 is 1.12 bits per heavy atom. The van der Waals surface area contributed by atoms with Crippen LogP contribution in [0.3, 0.4) is 0 Å². The highest BCUT2D eigenvalue weighted by molar-refractivity contribution is 5.80. The molecule has 0 amide bonds. The molecule has 2 atom stereocenters. The standard InChI is InChI=1S/C19H18O5/c1-3-21-19(20)18-17(12-6-4-11(2)5-7-12)13-8-15-16(23-10-22-15)9-14(13)24-18/h4-9,17-18H,3,10H2,1-2H3/t17-,18-/m1/s1. The Bertz CT molecular complexity index is 781. The number of ether oxygens (including phenoxy) is 4. The number of carbonyl (C=O) groups excluding carboxylic acids is 1. The van der Waals surface area contributed by atoms with Gasteiger partial charge in [0.25, 0.3) is 0 Å². The summed E-state index contributed by atoms with van der Waals surface area (Å²) < 4.78 is 22.0. The molecule has 0 radical (unpaired) electrons. The van der Waals surface area contributed by atoms with E-state index in [1.54, 1.807) is 13.0 Å². The molecule has 0 unspecified atom stereocenters. The third-order valence-electron chi connectivity index (χ3n) is 4.35. The lowest BCUT2D eigenvalue weighted by molar-refractivity contribution is -0.151. The maximum absolute atomic E-state index is 12.4. The summed E-state index contributed by atoms with van der Waals surface area (Å²) in [5.74, 6) is 1.37. The van der Waals surface area contributed by atoms with Crippen LogP contribution in [0.5, 0.6) is 17.2 Å². The highest BCUT2D eigenvalue weighted by Crippen LogP contribution is 2.48. The second-order valence-electron chi connectivity index (χ2n) is 5.92. The van der Waals surface area contributed by atoms with Crippen molar-refractivity contribution in [2.24, 2.45) is 0 Å². The van der Waals surface area contributed by atoms with Crippen molar-refractivity contribution in [1.29, 1.82) is 0 Å². The first-order chi connectivity index (χ1) is 11.7. The van der Waals surface area contributed by atoms with Gasteiger partial charge in [-0.2, -0.15) is 0 Å². The molecule has 0 spiro atoms. The van der Waals surface area contributed by atoms with E-state index in [4.69, 9.17) is 18.9 Å². The zero-order valence-corrected chi connectivity index (χ0v) is 13.6. The van der Waals surface area contributed by atoms with Crippen molar-refractivity contribution < 1.29 is 23.7 Å². The molecule has 2 aromatic carbocycles. The summed E-state index contributed by atoms with van der Waals surface area (Å²) in [5, 5.41) is 0. The zero-order valence-electron chi connectivity index (χ0n) is 13.6. The number of fused-ring (bicyclic) bond motifs is 2. The molecule has 2 aromatic rings. The third-order valence-corrected chi connectivity index (χ3v) is 4.35. The summed E-state index contributed by atoms with van der Waals surface area (Å²) >= 11 is 0. The summed E-state index contributed by atoms with van der Waals surface area (Å²) in [4.78, 5) is 12.4. The highest BCUT2D eigenvalue weighted by atomic mass is 16.7. The van der Waals surface area contributed by atoms with Crippen molar-refractivity contribution in [3.05, 3.63) is 53.1 Å². The van der Waals surface area contributed by atoms with Crippen LogP contribution in [0.25, 0.3) is 0 Å². The van der Waals surface area contributed by atoms with Gasteiger partial charge in [0, 0.05) is 11.6 Å². The van der Waals surface area contributed by atoms with E-state index >= 15 is 0 Å². The monoisotopic (exact) mass is 326 g/mol. The van der Waals surface area contributed by atoms with E-state index in [1.165, 1.54) is 0 Å². The van der Waals surface area contributed by atoms with E-state index in [9.17, 15) is 4.79 Å². The molecule has 24 heavy (non-hydrogen) atoms. The second-order valence-corrected chi connectivity index (χ2v) is 5.92. The lowest BCUT2D eigenvalue weighted by atomic mass is 9.87. The number of hydrogen-bond donors (Lipinski definition) is 0. The minimum Gasteiger partial charge on any atom is -0.477 e. The average Bonchev–Trinajstić information content (AvgIpc) is 3.17. The topological polar surface area (TPSA) is 54.0 Å². The van der Waals surface area contributed by atoms with Gasteiger partial charge >= 0.3 is 5.97 Å². The molecule has 5 nitrogen and oxygen atoms in total. The van der Waals surface area contributed by atoms with Crippen LogP contribution in [0.4, 0.5) is 0 Å². The van der Waals surface area contributed by atoms with Gasteiger partial charge in [-0.05, 0) is 25.5 Å². The van der Waals surface area contributed by atoms with Crippen molar-refractivity contribution in [2.45, 2.75) is 25.9 Å². The first kappa shape index (κ1) is 14.9. The minimum absolute atomic E-state index is 0.203. The Morgan fingerprint density at radius 2 is 1.83 bits per heavy atom. The van der Waals surface area contributed by atoms with Gasteiger partial charge in [-0.1, -0.05) is 29.8 Å². The number of hydrogen-bond acceptors (Lipinski definition) is 5. The lowest BCUT2D eigenvalue weighted by Gasteiger charge is -2.18. The predicted molar refractivity (Wildman–Crippen MR) is 86.6 cm³/mol. The Kier molecular flexibility index (Phi) is 3.56. The molecular weight excluding hydrogens is 308 g/mol. The highest BCUT2D eigenvalue weighted by Gasteiger charge is 2.42. The van der Waals surface area contributed by atoms with Crippen LogP contribution < -0.4 is 14.2 Å². The first-order valence-electron chi connectivity index (χ1n) is 8.00. The molecule has 124 valence electrons. The molecule has 0 aromatic heterocycles. The van der Waals surface area contributed by atoms with Gasteiger partial charge in [-0.15, -0.1) is 0 Å².